The number of aromatic nitrogens is 2. The van der Waals surface area contributed by atoms with Crippen molar-refractivity contribution in [2.24, 2.45) is 0 Å². The molecule has 4 nitrogen and oxygen atoms in total. The monoisotopic (exact) mass is 411 g/mol. The normalized spacial score (nSPS) is 14.7. The average Bonchev–Trinajstić information content (AvgIpc) is 3.22. The largest absolute Gasteiger partial charge is 0.497 e. The molecule has 3 heterocycles. The van der Waals surface area contributed by atoms with Crippen LogP contribution in [0, 0.1) is 0 Å². The van der Waals surface area contributed by atoms with Gasteiger partial charge in [-0.2, -0.15) is 0 Å². The molecule has 0 aliphatic carbocycles. The first-order chi connectivity index (χ1) is 15.3. The molecule has 158 valence electrons. The Bertz CT molecular complexity index is 1170. The van der Waals surface area contributed by atoms with E-state index in [0.29, 0.717) is 0 Å². The number of rotatable bonds is 6. The summed E-state index contributed by atoms with van der Waals surface area (Å²) in [5.41, 5.74) is 5.89. The topological polar surface area (TPSA) is 30.3 Å². The Labute approximate surface area is 184 Å². The molecule has 5 rings (SSSR count). The molecule has 0 bridgehead atoms. The lowest BCUT2D eigenvalue weighted by atomic mass is 10.0. The van der Waals surface area contributed by atoms with Crippen molar-refractivity contribution in [1.29, 1.82) is 0 Å². The molecule has 2 aromatic heterocycles. The van der Waals surface area contributed by atoms with Crippen LogP contribution in [0.5, 0.6) is 5.75 Å². The summed E-state index contributed by atoms with van der Waals surface area (Å²) in [5.74, 6) is 0.859. The van der Waals surface area contributed by atoms with E-state index >= 15 is 0 Å². The van der Waals surface area contributed by atoms with Gasteiger partial charge in [-0.15, -0.1) is 0 Å². The van der Waals surface area contributed by atoms with E-state index in [2.05, 4.69) is 63.1 Å². The number of hydrogen-bond donors (Lipinski definition) is 0. The lowest BCUT2D eigenvalue weighted by Gasteiger charge is -2.26. The fourth-order valence-electron chi connectivity index (χ4n) is 4.64. The average molecular weight is 412 g/mol. The number of benzene rings is 2. The molecule has 0 amide bonds. The fraction of sp³-hybridized carbons (Fsp3) is 0.296. The summed E-state index contributed by atoms with van der Waals surface area (Å²) in [4.78, 5) is 7.17. The number of para-hydroxylation sites is 1. The van der Waals surface area contributed by atoms with Crippen LogP contribution < -0.4 is 4.74 Å². The highest BCUT2D eigenvalue weighted by Gasteiger charge is 2.14. The van der Waals surface area contributed by atoms with Gasteiger partial charge >= 0.3 is 0 Å². The molecule has 0 N–H and O–H groups in total. The summed E-state index contributed by atoms with van der Waals surface area (Å²) in [6.45, 7) is 4.60. The molecular formula is C27H29N3O. The first kappa shape index (κ1) is 19.8. The van der Waals surface area contributed by atoms with Gasteiger partial charge in [0.05, 0.1) is 7.11 Å². The van der Waals surface area contributed by atoms with Crippen molar-refractivity contribution < 1.29 is 4.74 Å². The lowest BCUT2D eigenvalue weighted by Crippen LogP contribution is -2.32. The summed E-state index contributed by atoms with van der Waals surface area (Å²) in [7, 11) is 1.70. The SMILES string of the molecule is COc1cccc(-c2cncc(-c3cn(CCN4CCCCC4)c4ccccc34)c2)c1. The third-order valence-electron chi connectivity index (χ3n) is 6.35. The zero-order valence-corrected chi connectivity index (χ0v) is 18.1. The van der Waals surface area contributed by atoms with Crippen molar-refractivity contribution in [2.75, 3.05) is 26.7 Å². The predicted octanol–water partition coefficient (Wildman–Crippen LogP) is 5.86. The van der Waals surface area contributed by atoms with Crippen LogP contribution >= 0.6 is 0 Å². The Morgan fingerprint density at radius 2 is 1.68 bits per heavy atom. The van der Waals surface area contributed by atoms with Gasteiger partial charge in [-0.1, -0.05) is 36.8 Å². The van der Waals surface area contributed by atoms with Crippen molar-refractivity contribution in [3.05, 3.63) is 73.2 Å². The second-order valence-corrected chi connectivity index (χ2v) is 8.35. The van der Waals surface area contributed by atoms with Crippen LogP contribution in [0.2, 0.25) is 0 Å². The third kappa shape index (κ3) is 4.21. The van der Waals surface area contributed by atoms with Gasteiger partial charge in [-0.05, 0) is 55.8 Å². The number of nitrogens with zero attached hydrogens (tertiary/aromatic N) is 3. The first-order valence-electron chi connectivity index (χ1n) is 11.2. The molecule has 0 spiro atoms. The van der Waals surface area contributed by atoms with Gasteiger partial charge in [0.2, 0.25) is 0 Å². The minimum Gasteiger partial charge on any atom is -0.497 e. The molecule has 4 heteroatoms. The van der Waals surface area contributed by atoms with Gasteiger partial charge in [-0.3, -0.25) is 4.98 Å². The molecule has 1 aliphatic rings. The van der Waals surface area contributed by atoms with Gasteiger partial charge in [0, 0.05) is 59.3 Å². The van der Waals surface area contributed by atoms with E-state index in [4.69, 9.17) is 4.74 Å². The van der Waals surface area contributed by atoms with Gasteiger partial charge in [0.1, 0.15) is 5.75 Å². The predicted molar refractivity (Wildman–Crippen MR) is 127 cm³/mol. The molecule has 31 heavy (non-hydrogen) atoms. The van der Waals surface area contributed by atoms with E-state index in [9.17, 15) is 0 Å². The maximum atomic E-state index is 5.40. The Balaban J connectivity index is 1.48. The van der Waals surface area contributed by atoms with E-state index in [1.165, 1.54) is 48.8 Å². The molecule has 0 saturated carbocycles. The van der Waals surface area contributed by atoms with Crippen LogP contribution in [0.15, 0.2) is 73.2 Å². The lowest BCUT2D eigenvalue weighted by molar-refractivity contribution is 0.222. The number of fused-ring (bicyclic) bond motifs is 1. The maximum absolute atomic E-state index is 5.40. The molecule has 0 unspecified atom stereocenters. The molecular weight excluding hydrogens is 382 g/mol. The molecule has 2 aromatic carbocycles. The third-order valence-corrected chi connectivity index (χ3v) is 6.35. The van der Waals surface area contributed by atoms with E-state index in [-0.39, 0.29) is 0 Å². The molecule has 0 atom stereocenters. The van der Waals surface area contributed by atoms with Crippen molar-refractivity contribution in [3.8, 4) is 28.0 Å². The Morgan fingerprint density at radius 3 is 2.55 bits per heavy atom. The first-order valence-corrected chi connectivity index (χ1v) is 11.2. The van der Waals surface area contributed by atoms with Crippen molar-refractivity contribution in [3.63, 3.8) is 0 Å². The zero-order valence-electron chi connectivity index (χ0n) is 18.1. The van der Waals surface area contributed by atoms with Crippen molar-refractivity contribution in [2.45, 2.75) is 25.8 Å². The minimum absolute atomic E-state index is 0.859. The van der Waals surface area contributed by atoms with Crippen LogP contribution in [0.25, 0.3) is 33.2 Å². The van der Waals surface area contributed by atoms with Crippen molar-refractivity contribution in [1.82, 2.24) is 14.5 Å². The molecule has 1 aliphatic heterocycles. The number of piperidine rings is 1. The Hall–Kier alpha value is -3.11. The summed E-state index contributed by atoms with van der Waals surface area (Å²) >= 11 is 0. The Morgan fingerprint density at radius 1 is 0.839 bits per heavy atom. The maximum Gasteiger partial charge on any atom is 0.119 e. The standard InChI is InChI=1S/C27H29N3O/c1-31-24-9-7-8-21(17-24)22-16-23(19-28-18-22)26-20-30(27-11-4-3-10-25(26)27)15-14-29-12-5-2-6-13-29/h3-4,7-11,16-20H,2,5-6,12-15H2,1H3. The highest BCUT2D eigenvalue weighted by Crippen LogP contribution is 2.33. The summed E-state index contributed by atoms with van der Waals surface area (Å²) in [6, 6.07) is 19.1. The van der Waals surface area contributed by atoms with Crippen LogP contribution in [-0.4, -0.2) is 41.2 Å². The van der Waals surface area contributed by atoms with Gasteiger partial charge < -0.3 is 14.2 Å². The van der Waals surface area contributed by atoms with E-state index in [0.717, 1.165) is 35.5 Å². The molecule has 4 aromatic rings. The van der Waals surface area contributed by atoms with E-state index in [1.54, 1.807) is 7.11 Å². The van der Waals surface area contributed by atoms with E-state index in [1.807, 2.05) is 24.5 Å². The number of methoxy groups -OCH3 is 1. The second-order valence-electron chi connectivity index (χ2n) is 8.35. The van der Waals surface area contributed by atoms with Gasteiger partial charge in [0.15, 0.2) is 0 Å². The summed E-state index contributed by atoms with van der Waals surface area (Å²) < 4.78 is 7.82. The fourth-order valence-corrected chi connectivity index (χ4v) is 4.64. The van der Waals surface area contributed by atoms with E-state index < -0.39 is 0 Å². The summed E-state index contributed by atoms with van der Waals surface area (Å²) in [5, 5.41) is 1.28. The van der Waals surface area contributed by atoms with Gasteiger partial charge in [-0.25, -0.2) is 0 Å². The number of hydrogen-bond acceptors (Lipinski definition) is 3. The highest BCUT2D eigenvalue weighted by molar-refractivity contribution is 5.96. The molecule has 0 radical (unpaired) electrons. The highest BCUT2D eigenvalue weighted by atomic mass is 16.5. The Kier molecular flexibility index (Phi) is 5.72. The van der Waals surface area contributed by atoms with Crippen LogP contribution in [0.1, 0.15) is 19.3 Å². The number of likely N-dealkylation sites (tertiary alicyclic amines) is 1. The van der Waals surface area contributed by atoms with Crippen molar-refractivity contribution >= 4 is 10.9 Å². The molecule has 1 fully saturated rings. The van der Waals surface area contributed by atoms with Crippen LogP contribution in [-0.2, 0) is 6.54 Å². The van der Waals surface area contributed by atoms with Crippen LogP contribution in [0.3, 0.4) is 0 Å². The summed E-state index contributed by atoms with van der Waals surface area (Å²) in [6.07, 6.45) is 10.2. The zero-order chi connectivity index (χ0) is 21.0. The van der Waals surface area contributed by atoms with Crippen LogP contribution in [0.4, 0.5) is 0 Å². The van der Waals surface area contributed by atoms with Gasteiger partial charge in [0.25, 0.3) is 0 Å². The molecule has 1 saturated heterocycles. The second kappa shape index (κ2) is 8.94. The number of pyridine rings is 1. The number of ether oxygens (including phenoxy) is 1. The smallest absolute Gasteiger partial charge is 0.119 e. The quantitative estimate of drug-likeness (QED) is 0.398. The minimum atomic E-state index is 0.859.